The van der Waals surface area contributed by atoms with Crippen molar-refractivity contribution < 1.29 is 9.53 Å². The Balaban J connectivity index is 1.66. The van der Waals surface area contributed by atoms with Crippen LogP contribution in [0.4, 0.5) is 5.82 Å². The molecule has 0 spiro atoms. The summed E-state index contributed by atoms with van der Waals surface area (Å²) in [6.45, 7) is 6.78. The maximum atomic E-state index is 14.1. The van der Waals surface area contributed by atoms with Gasteiger partial charge in [0.15, 0.2) is 0 Å². The van der Waals surface area contributed by atoms with Gasteiger partial charge in [0.05, 0.1) is 11.1 Å². The summed E-state index contributed by atoms with van der Waals surface area (Å²) in [5.74, 6) is 1.87. The second kappa shape index (κ2) is 8.99. The Labute approximate surface area is 195 Å². The molecule has 6 nitrogen and oxygen atoms in total. The number of amides is 1. The molecule has 7 heteroatoms. The fourth-order valence-corrected chi connectivity index (χ4v) is 5.26. The average molecular weight is 457 g/mol. The van der Waals surface area contributed by atoms with Crippen LogP contribution < -0.4 is 4.90 Å². The van der Waals surface area contributed by atoms with E-state index in [1.807, 2.05) is 50.2 Å². The number of anilines is 1. The Morgan fingerprint density at radius 2 is 1.81 bits per heavy atom. The summed E-state index contributed by atoms with van der Waals surface area (Å²) in [6, 6.07) is 9.85. The average Bonchev–Trinajstić information content (AvgIpc) is 2.79. The summed E-state index contributed by atoms with van der Waals surface area (Å²) < 4.78 is 5.65. The van der Waals surface area contributed by atoms with Crippen molar-refractivity contribution in [1.29, 1.82) is 0 Å². The molecule has 0 unspecified atom stereocenters. The van der Waals surface area contributed by atoms with Crippen LogP contribution in [0.2, 0.25) is 5.02 Å². The fourth-order valence-electron chi connectivity index (χ4n) is 5.13. The van der Waals surface area contributed by atoms with E-state index in [1.54, 1.807) is 0 Å². The summed E-state index contributed by atoms with van der Waals surface area (Å²) >= 11 is 6.14. The van der Waals surface area contributed by atoms with Crippen LogP contribution in [-0.2, 0) is 20.4 Å². The zero-order chi connectivity index (χ0) is 22.9. The highest BCUT2D eigenvalue weighted by Crippen LogP contribution is 2.40. The molecule has 3 heterocycles. The van der Waals surface area contributed by atoms with E-state index in [4.69, 9.17) is 21.3 Å². The van der Waals surface area contributed by atoms with Crippen molar-refractivity contribution in [2.45, 2.75) is 50.4 Å². The highest BCUT2D eigenvalue weighted by Gasteiger charge is 2.46. The van der Waals surface area contributed by atoms with Crippen molar-refractivity contribution in [3.05, 3.63) is 52.4 Å². The van der Waals surface area contributed by atoms with E-state index >= 15 is 0 Å². The molecule has 2 saturated heterocycles. The molecule has 172 valence electrons. The summed E-state index contributed by atoms with van der Waals surface area (Å²) in [7, 11) is 3.98. The van der Waals surface area contributed by atoms with Crippen LogP contribution in [0.1, 0.15) is 49.7 Å². The van der Waals surface area contributed by atoms with E-state index in [2.05, 4.69) is 22.9 Å². The SMILES string of the molecule is Cc1nc(N(C)C)cc([C@]2(C)CCCN(C(=O)C3(c4ccc(Cl)cc4)CCOCC3)C2)n1. The van der Waals surface area contributed by atoms with Gasteiger partial charge >= 0.3 is 0 Å². The molecule has 2 fully saturated rings. The van der Waals surface area contributed by atoms with Crippen molar-refractivity contribution in [1.82, 2.24) is 14.9 Å². The molecule has 0 aliphatic carbocycles. The number of halogens is 1. The highest BCUT2D eigenvalue weighted by atomic mass is 35.5. The maximum absolute atomic E-state index is 14.1. The minimum absolute atomic E-state index is 0.202. The lowest BCUT2D eigenvalue weighted by Crippen LogP contribution is -2.55. The molecule has 2 aliphatic heterocycles. The molecule has 1 aromatic heterocycles. The molecule has 2 aromatic rings. The van der Waals surface area contributed by atoms with E-state index in [-0.39, 0.29) is 11.3 Å². The molecular formula is C25H33ClN4O2. The molecule has 2 aliphatic rings. The molecule has 1 atom stereocenters. The molecular weight excluding hydrogens is 424 g/mol. The first-order valence-corrected chi connectivity index (χ1v) is 11.8. The molecule has 4 rings (SSSR count). The topological polar surface area (TPSA) is 58.6 Å². The van der Waals surface area contributed by atoms with Crippen molar-refractivity contribution in [3.63, 3.8) is 0 Å². The number of nitrogens with zero attached hydrogens (tertiary/aromatic N) is 4. The van der Waals surface area contributed by atoms with Crippen LogP contribution in [0.15, 0.2) is 30.3 Å². The van der Waals surface area contributed by atoms with Crippen LogP contribution in [0.5, 0.6) is 0 Å². The molecule has 0 bridgehead atoms. The first kappa shape index (κ1) is 23.0. The number of piperidine rings is 1. The number of hydrogen-bond donors (Lipinski definition) is 0. The number of carbonyl (C=O) groups excluding carboxylic acids is 1. The molecule has 0 radical (unpaired) electrons. The van der Waals surface area contributed by atoms with Crippen molar-refractivity contribution in [2.24, 2.45) is 0 Å². The Morgan fingerprint density at radius 1 is 1.12 bits per heavy atom. The third-order valence-electron chi connectivity index (χ3n) is 7.04. The summed E-state index contributed by atoms with van der Waals surface area (Å²) in [4.78, 5) is 27.5. The van der Waals surface area contributed by atoms with Gasteiger partial charge in [-0.25, -0.2) is 9.97 Å². The van der Waals surface area contributed by atoms with E-state index in [1.165, 1.54) is 0 Å². The molecule has 1 aromatic carbocycles. The van der Waals surface area contributed by atoms with Crippen LogP contribution in [0, 0.1) is 6.92 Å². The number of aryl methyl sites for hydroxylation is 1. The number of ether oxygens (including phenoxy) is 1. The van der Waals surface area contributed by atoms with Gasteiger partial charge in [0.1, 0.15) is 11.6 Å². The number of rotatable bonds is 4. The number of carbonyl (C=O) groups is 1. The Bertz CT molecular complexity index is 972. The summed E-state index contributed by atoms with van der Waals surface area (Å²) in [5.41, 5.74) is 1.28. The predicted molar refractivity (Wildman–Crippen MR) is 127 cm³/mol. The lowest BCUT2D eigenvalue weighted by atomic mass is 9.71. The highest BCUT2D eigenvalue weighted by molar-refractivity contribution is 6.30. The number of benzene rings is 1. The van der Waals surface area contributed by atoms with Crippen molar-refractivity contribution in [2.75, 3.05) is 45.3 Å². The van der Waals surface area contributed by atoms with Gasteiger partial charge in [0, 0.05) is 56.9 Å². The second-order valence-electron chi connectivity index (χ2n) is 9.65. The van der Waals surface area contributed by atoms with E-state index < -0.39 is 5.41 Å². The lowest BCUT2D eigenvalue weighted by Gasteiger charge is -2.46. The fraction of sp³-hybridized carbons (Fsp3) is 0.560. The molecule has 32 heavy (non-hydrogen) atoms. The van der Waals surface area contributed by atoms with Crippen LogP contribution in [0.25, 0.3) is 0 Å². The van der Waals surface area contributed by atoms with Crippen molar-refractivity contribution in [3.8, 4) is 0 Å². The minimum atomic E-state index is -0.558. The molecule has 1 amide bonds. The van der Waals surface area contributed by atoms with Gasteiger partial charge < -0.3 is 14.5 Å². The summed E-state index contributed by atoms with van der Waals surface area (Å²) in [5, 5.41) is 0.685. The number of aromatic nitrogens is 2. The first-order chi connectivity index (χ1) is 15.2. The van der Waals surface area contributed by atoms with Crippen molar-refractivity contribution >= 4 is 23.3 Å². The van der Waals surface area contributed by atoms with Gasteiger partial charge in [-0.1, -0.05) is 30.7 Å². The predicted octanol–water partition coefficient (Wildman–Crippen LogP) is 4.13. The van der Waals surface area contributed by atoms with Gasteiger partial charge in [-0.05, 0) is 50.3 Å². The minimum Gasteiger partial charge on any atom is -0.381 e. The summed E-state index contributed by atoms with van der Waals surface area (Å²) in [6.07, 6.45) is 3.34. The lowest BCUT2D eigenvalue weighted by molar-refractivity contribution is -0.143. The largest absolute Gasteiger partial charge is 0.381 e. The van der Waals surface area contributed by atoms with E-state index in [9.17, 15) is 4.79 Å². The van der Waals surface area contributed by atoms with Crippen LogP contribution >= 0.6 is 11.6 Å². The second-order valence-corrected chi connectivity index (χ2v) is 10.1. The molecule has 0 saturated carbocycles. The van der Waals surface area contributed by atoms with Gasteiger partial charge in [0.25, 0.3) is 0 Å². The van der Waals surface area contributed by atoms with Crippen LogP contribution in [-0.4, -0.2) is 61.2 Å². The monoisotopic (exact) mass is 456 g/mol. The van der Waals surface area contributed by atoms with Gasteiger partial charge in [-0.3, -0.25) is 4.79 Å². The zero-order valence-corrected chi connectivity index (χ0v) is 20.3. The third-order valence-corrected chi connectivity index (χ3v) is 7.29. The third kappa shape index (κ3) is 4.35. The molecule has 0 N–H and O–H groups in total. The number of hydrogen-bond acceptors (Lipinski definition) is 5. The van der Waals surface area contributed by atoms with Gasteiger partial charge in [0.2, 0.25) is 5.91 Å². The van der Waals surface area contributed by atoms with Gasteiger partial charge in [-0.15, -0.1) is 0 Å². The Kier molecular flexibility index (Phi) is 6.46. The maximum Gasteiger partial charge on any atom is 0.233 e. The van der Waals surface area contributed by atoms with E-state index in [0.717, 1.165) is 42.3 Å². The van der Waals surface area contributed by atoms with Crippen LogP contribution in [0.3, 0.4) is 0 Å². The Morgan fingerprint density at radius 3 is 2.47 bits per heavy atom. The zero-order valence-electron chi connectivity index (χ0n) is 19.5. The number of likely N-dealkylation sites (tertiary alicyclic amines) is 1. The Hall–Kier alpha value is -2.18. The van der Waals surface area contributed by atoms with Gasteiger partial charge in [-0.2, -0.15) is 0 Å². The standard InChI is InChI=1S/C25H33ClN4O2/c1-18-27-21(16-22(28-18)29(3)4)24(2)10-5-13-30(17-24)23(31)25(11-14-32-15-12-25)19-6-8-20(26)9-7-19/h6-9,16H,5,10-15,17H2,1-4H3/t24-/m1/s1. The van der Waals surface area contributed by atoms with E-state index in [0.29, 0.717) is 37.6 Å². The quantitative estimate of drug-likeness (QED) is 0.692. The normalized spacial score (nSPS) is 23.1. The first-order valence-electron chi connectivity index (χ1n) is 11.4. The smallest absolute Gasteiger partial charge is 0.233 e.